The summed E-state index contributed by atoms with van der Waals surface area (Å²) in [7, 11) is 0. The van der Waals surface area contributed by atoms with Crippen molar-refractivity contribution in [1.29, 1.82) is 0 Å². The molecule has 4 N–H and O–H groups in total. The Hall–Kier alpha value is -1.80. The number of benzene rings is 1. The molecule has 0 saturated heterocycles. The van der Waals surface area contributed by atoms with Crippen LogP contribution in [-0.4, -0.2) is 34.5 Å². The SMILES string of the molecule is Cc1cccc(NC(=O)CSCC(=O)NNC(=S)NC2CCCC2)c1. The number of rotatable bonds is 6. The van der Waals surface area contributed by atoms with Crippen LogP contribution in [0, 0.1) is 6.92 Å². The smallest absolute Gasteiger partial charge is 0.248 e. The minimum atomic E-state index is -0.219. The van der Waals surface area contributed by atoms with E-state index in [1.165, 1.54) is 24.6 Å². The third-order valence-corrected chi connectivity index (χ3v) is 4.93. The Labute approximate surface area is 157 Å². The predicted octanol–water partition coefficient (Wildman–Crippen LogP) is 2.10. The van der Waals surface area contributed by atoms with Gasteiger partial charge in [-0.15, -0.1) is 11.8 Å². The van der Waals surface area contributed by atoms with Crippen molar-refractivity contribution in [2.75, 3.05) is 16.8 Å². The van der Waals surface area contributed by atoms with Crippen LogP contribution in [0.3, 0.4) is 0 Å². The molecule has 0 atom stereocenters. The third kappa shape index (κ3) is 7.74. The van der Waals surface area contributed by atoms with Crippen LogP contribution in [0.4, 0.5) is 5.69 Å². The average Bonchev–Trinajstić information content (AvgIpc) is 3.06. The first kappa shape index (κ1) is 19.5. The molecule has 25 heavy (non-hydrogen) atoms. The van der Waals surface area contributed by atoms with E-state index in [4.69, 9.17) is 12.2 Å². The summed E-state index contributed by atoms with van der Waals surface area (Å²) in [5, 5.41) is 6.42. The number of carbonyl (C=O) groups excluding carboxylic acids is 2. The van der Waals surface area contributed by atoms with Gasteiger partial charge in [-0.25, -0.2) is 0 Å². The van der Waals surface area contributed by atoms with E-state index in [9.17, 15) is 9.59 Å². The molecule has 0 spiro atoms. The van der Waals surface area contributed by atoms with Gasteiger partial charge in [-0.05, 0) is 49.7 Å². The van der Waals surface area contributed by atoms with Gasteiger partial charge in [0.1, 0.15) is 0 Å². The van der Waals surface area contributed by atoms with E-state index in [1.54, 1.807) is 0 Å². The normalized spacial score (nSPS) is 14.0. The van der Waals surface area contributed by atoms with Crippen LogP contribution in [0.15, 0.2) is 24.3 Å². The lowest BCUT2D eigenvalue weighted by atomic mass is 10.2. The Balaban J connectivity index is 1.56. The fourth-order valence-corrected chi connectivity index (χ4v) is 3.45. The van der Waals surface area contributed by atoms with E-state index in [2.05, 4.69) is 21.5 Å². The molecule has 136 valence electrons. The summed E-state index contributed by atoms with van der Waals surface area (Å²) in [6.07, 6.45) is 4.66. The number of anilines is 1. The quantitative estimate of drug-likeness (QED) is 0.447. The number of hydrazine groups is 1. The molecule has 2 amide bonds. The van der Waals surface area contributed by atoms with Crippen LogP contribution < -0.4 is 21.5 Å². The molecule has 0 aromatic heterocycles. The van der Waals surface area contributed by atoms with Crippen molar-refractivity contribution in [2.45, 2.75) is 38.6 Å². The summed E-state index contributed by atoms with van der Waals surface area (Å²) < 4.78 is 0. The molecular weight excluding hydrogens is 356 g/mol. The van der Waals surface area contributed by atoms with Crippen molar-refractivity contribution in [1.82, 2.24) is 16.2 Å². The first-order chi connectivity index (χ1) is 12.0. The first-order valence-electron chi connectivity index (χ1n) is 8.32. The second-order valence-electron chi connectivity index (χ2n) is 6.04. The zero-order valence-electron chi connectivity index (χ0n) is 14.3. The van der Waals surface area contributed by atoms with Crippen LogP contribution in [-0.2, 0) is 9.59 Å². The summed E-state index contributed by atoms with van der Waals surface area (Å²) in [6, 6.07) is 7.99. The molecule has 1 aliphatic carbocycles. The Morgan fingerprint density at radius 1 is 1.16 bits per heavy atom. The fourth-order valence-electron chi connectivity index (χ4n) is 2.61. The number of hydrogen-bond donors (Lipinski definition) is 4. The van der Waals surface area contributed by atoms with E-state index in [1.807, 2.05) is 31.2 Å². The number of thiocarbonyl (C=S) groups is 1. The largest absolute Gasteiger partial charge is 0.359 e. The van der Waals surface area contributed by atoms with Crippen LogP contribution in [0.25, 0.3) is 0 Å². The Bertz CT molecular complexity index is 618. The van der Waals surface area contributed by atoms with E-state index in [0.717, 1.165) is 24.1 Å². The highest BCUT2D eigenvalue weighted by Gasteiger charge is 2.15. The maximum atomic E-state index is 11.9. The Morgan fingerprint density at radius 3 is 2.60 bits per heavy atom. The monoisotopic (exact) mass is 380 g/mol. The standard InChI is InChI=1S/C17H24N4O2S2/c1-12-5-4-8-14(9-12)18-15(22)10-25-11-16(23)20-21-17(24)19-13-6-2-3-7-13/h4-5,8-9,13H,2-3,6-7,10-11H2,1H3,(H,18,22)(H,20,23)(H2,19,21,24). The number of hydrogen-bond acceptors (Lipinski definition) is 4. The molecule has 1 aromatic carbocycles. The Kier molecular flexibility index (Phi) is 8.00. The fraction of sp³-hybridized carbons (Fsp3) is 0.471. The summed E-state index contributed by atoms with van der Waals surface area (Å²) in [5.74, 6) is 0.0468. The summed E-state index contributed by atoms with van der Waals surface area (Å²) in [4.78, 5) is 23.6. The molecule has 1 saturated carbocycles. The van der Waals surface area contributed by atoms with Gasteiger partial charge >= 0.3 is 0 Å². The lowest BCUT2D eigenvalue weighted by Gasteiger charge is -2.16. The number of amides is 2. The first-order valence-corrected chi connectivity index (χ1v) is 9.89. The maximum Gasteiger partial charge on any atom is 0.248 e. The van der Waals surface area contributed by atoms with E-state index in [0.29, 0.717) is 11.2 Å². The van der Waals surface area contributed by atoms with Crippen molar-refractivity contribution < 1.29 is 9.59 Å². The van der Waals surface area contributed by atoms with Crippen LogP contribution >= 0.6 is 24.0 Å². The number of thioether (sulfide) groups is 1. The van der Waals surface area contributed by atoms with Crippen molar-refractivity contribution in [3.63, 3.8) is 0 Å². The van der Waals surface area contributed by atoms with Crippen molar-refractivity contribution in [3.8, 4) is 0 Å². The van der Waals surface area contributed by atoms with Gasteiger partial charge in [-0.2, -0.15) is 0 Å². The molecule has 0 heterocycles. The van der Waals surface area contributed by atoms with E-state index >= 15 is 0 Å². The highest BCUT2D eigenvalue weighted by Crippen LogP contribution is 2.17. The predicted molar refractivity (Wildman–Crippen MR) is 106 cm³/mol. The molecule has 6 nitrogen and oxygen atoms in total. The van der Waals surface area contributed by atoms with Gasteiger partial charge in [0.05, 0.1) is 11.5 Å². The van der Waals surface area contributed by atoms with E-state index in [-0.39, 0.29) is 23.3 Å². The molecule has 0 bridgehead atoms. The molecule has 2 rings (SSSR count). The lowest BCUT2D eigenvalue weighted by molar-refractivity contribution is -0.119. The maximum absolute atomic E-state index is 11.9. The molecule has 1 aliphatic rings. The van der Waals surface area contributed by atoms with Crippen LogP contribution in [0.5, 0.6) is 0 Å². The molecule has 0 aliphatic heterocycles. The third-order valence-electron chi connectivity index (χ3n) is 3.77. The van der Waals surface area contributed by atoms with E-state index < -0.39 is 0 Å². The Morgan fingerprint density at radius 2 is 1.88 bits per heavy atom. The molecular formula is C17H24N4O2S2. The van der Waals surface area contributed by atoms with Gasteiger partial charge < -0.3 is 10.6 Å². The lowest BCUT2D eigenvalue weighted by Crippen LogP contribution is -2.49. The van der Waals surface area contributed by atoms with Gasteiger partial charge in [0.25, 0.3) is 0 Å². The highest BCUT2D eigenvalue weighted by molar-refractivity contribution is 8.00. The van der Waals surface area contributed by atoms with Gasteiger partial charge in [0.15, 0.2) is 5.11 Å². The van der Waals surface area contributed by atoms with Gasteiger partial charge in [0, 0.05) is 11.7 Å². The molecule has 1 aromatic rings. The van der Waals surface area contributed by atoms with Crippen LogP contribution in [0.1, 0.15) is 31.2 Å². The summed E-state index contributed by atoms with van der Waals surface area (Å²) in [5.41, 5.74) is 7.09. The highest BCUT2D eigenvalue weighted by atomic mass is 32.2. The minimum absolute atomic E-state index is 0.130. The average molecular weight is 381 g/mol. The summed E-state index contributed by atoms with van der Waals surface area (Å²) >= 11 is 6.39. The second kappa shape index (κ2) is 10.2. The second-order valence-corrected chi connectivity index (χ2v) is 7.43. The van der Waals surface area contributed by atoms with Crippen molar-refractivity contribution >= 4 is 46.6 Å². The summed E-state index contributed by atoms with van der Waals surface area (Å²) in [6.45, 7) is 1.97. The number of nitrogens with one attached hydrogen (secondary N) is 4. The molecule has 8 heteroatoms. The van der Waals surface area contributed by atoms with Gasteiger partial charge in [-0.3, -0.25) is 20.4 Å². The minimum Gasteiger partial charge on any atom is -0.359 e. The zero-order chi connectivity index (χ0) is 18.1. The van der Waals surface area contributed by atoms with Gasteiger partial charge in [0.2, 0.25) is 11.8 Å². The number of aryl methyl sites for hydroxylation is 1. The van der Waals surface area contributed by atoms with Gasteiger partial charge in [-0.1, -0.05) is 25.0 Å². The van der Waals surface area contributed by atoms with Crippen molar-refractivity contribution in [2.24, 2.45) is 0 Å². The molecule has 0 radical (unpaired) electrons. The molecule has 0 unspecified atom stereocenters. The van der Waals surface area contributed by atoms with Crippen LogP contribution in [0.2, 0.25) is 0 Å². The van der Waals surface area contributed by atoms with Crippen molar-refractivity contribution in [3.05, 3.63) is 29.8 Å². The zero-order valence-corrected chi connectivity index (χ0v) is 15.9. The topological polar surface area (TPSA) is 82.3 Å². The molecule has 1 fully saturated rings. The number of carbonyl (C=O) groups is 2.